The molecule has 0 bridgehead atoms. The second kappa shape index (κ2) is 7.99. The lowest BCUT2D eigenvalue weighted by atomic mass is 10.1. The van der Waals surface area contributed by atoms with Crippen LogP contribution >= 0.6 is 0 Å². The average molecular weight is 361 g/mol. The fourth-order valence-corrected chi connectivity index (χ4v) is 2.76. The molecule has 0 aliphatic carbocycles. The SMILES string of the molecule is CCc1ccc(NC(=O)C(C)n2nc(-c3ccc(C)cc3)ccc2=O)cc1. The molecule has 2 aromatic carbocycles. The number of aromatic nitrogens is 2. The molecule has 0 saturated heterocycles. The maximum atomic E-state index is 12.6. The van der Waals surface area contributed by atoms with Crippen molar-refractivity contribution in [1.82, 2.24) is 9.78 Å². The minimum absolute atomic E-state index is 0.282. The molecule has 5 nitrogen and oxygen atoms in total. The quantitative estimate of drug-likeness (QED) is 0.747. The fraction of sp³-hybridized carbons (Fsp3) is 0.227. The molecular weight excluding hydrogens is 338 g/mol. The van der Waals surface area contributed by atoms with Crippen LogP contribution in [0.15, 0.2) is 65.5 Å². The topological polar surface area (TPSA) is 64.0 Å². The molecule has 1 unspecified atom stereocenters. The smallest absolute Gasteiger partial charge is 0.267 e. The predicted molar refractivity (Wildman–Crippen MR) is 108 cm³/mol. The standard InChI is InChI=1S/C22H23N3O2/c1-4-17-7-11-19(12-8-17)23-22(27)16(3)25-21(26)14-13-20(24-25)18-9-5-15(2)6-10-18/h5-14,16H,4H2,1-3H3,(H,23,27). The van der Waals surface area contributed by atoms with Crippen molar-refractivity contribution in [1.29, 1.82) is 0 Å². The molecule has 1 N–H and O–H groups in total. The van der Waals surface area contributed by atoms with Gasteiger partial charge in [-0.2, -0.15) is 5.10 Å². The Kier molecular flexibility index (Phi) is 5.50. The van der Waals surface area contributed by atoms with E-state index < -0.39 is 6.04 Å². The highest BCUT2D eigenvalue weighted by molar-refractivity contribution is 5.93. The van der Waals surface area contributed by atoms with Crippen LogP contribution in [0.1, 0.15) is 31.0 Å². The summed E-state index contributed by atoms with van der Waals surface area (Å²) in [7, 11) is 0. The van der Waals surface area contributed by atoms with Crippen molar-refractivity contribution in [2.75, 3.05) is 5.32 Å². The summed E-state index contributed by atoms with van der Waals surface area (Å²) in [6.07, 6.45) is 0.940. The molecule has 0 saturated carbocycles. The molecule has 1 amide bonds. The number of rotatable bonds is 5. The fourth-order valence-electron chi connectivity index (χ4n) is 2.76. The maximum Gasteiger partial charge on any atom is 0.267 e. The van der Waals surface area contributed by atoms with Crippen molar-refractivity contribution in [2.45, 2.75) is 33.2 Å². The summed E-state index contributed by atoms with van der Waals surface area (Å²) < 4.78 is 1.23. The minimum atomic E-state index is -0.728. The van der Waals surface area contributed by atoms with E-state index in [0.717, 1.165) is 17.5 Å². The van der Waals surface area contributed by atoms with Crippen LogP contribution in [-0.4, -0.2) is 15.7 Å². The lowest BCUT2D eigenvalue weighted by Crippen LogP contribution is -2.33. The Morgan fingerprint density at radius 2 is 1.70 bits per heavy atom. The third-order valence-electron chi connectivity index (χ3n) is 4.55. The number of benzene rings is 2. The predicted octanol–water partition coefficient (Wildman–Crippen LogP) is 3.98. The van der Waals surface area contributed by atoms with Gasteiger partial charge >= 0.3 is 0 Å². The molecule has 138 valence electrons. The molecule has 1 heterocycles. The van der Waals surface area contributed by atoms with Crippen LogP contribution in [0.4, 0.5) is 5.69 Å². The Hall–Kier alpha value is -3.21. The summed E-state index contributed by atoms with van der Waals surface area (Å²) in [6, 6.07) is 18.0. The van der Waals surface area contributed by atoms with Gasteiger partial charge in [0.25, 0.3) is 5.56 Å². The summed E-state index contributed by atoms with van der Waals surface area (Å²) >= 11 is 0. The molecule has 0 radical (unpaired) electrons. The Bertz CT molecular complexity index is 989. The molecule has 0 spiro atoms. The average Bonchev–Trinajstić information content (AvgIpc) is 2.69. The van der Waals surface area contributed by atoms with Gasteiger partial charge in [-0.3, -0.25) is 9.59 Å². The van der Waals surface area contributed by atoms with Gasteiger partial charge in [-0.05, 0) is 44.0 Å². The van der Waals surface area contributed by atoms with E-state index in [4.69, 9.17) is 0 Å². The highest BCUT2D eigenvalue weighted by atomic mass is 16.2. The van der Waals surface area contributed by atoms with Crippen molar-refractivity contribution in [3.63, 3.8) is 0 Å². The van der Waals surface area contributed by atoms with Gasteiger partial charge in [0.15, 0.2) is 0 Å². The third kappa shape index (κ3) is 4.31. The van der Waals surface area contributed by atoms with Gasteiger partial charge in [-0.25, -0.2) is 4.68 Å². The number of carbonyl (C=O) groups is 1. The molecule has 1 aromatic heterocycles. The Morgan fingerprint density at radius 3 is 2.33 bits per heavy atom. The van der Waals surface area contributed by atoms with Crippen molar-refractivity contribution in [2.24, 2.45) is 0 Å². The van der Waals surface area contributed by atoms with Crippen LogP contribution in [0.2, 0.25) is 0 Å². The van der Waals surface area contributed by atoms with E-state index in [1.165, 1.54) is 16.3 Å². The first kappa shape index (κ1) is 18.6. The van der Waals surface area contributed by atoms with Crippen LogP contribution in [0, 0.1) is 6.92 Å². The number of nitrogens with zero attached hydrogens (tertiary/aromatic N) is 2. The lowest BCUT2D eigenvalue weighted by molar-refractivity contribution is -0.119. The molecule has 3 rings (SSSR count). The maximum absolute atomic E-state index is 12.6. The van der Waals surface area contributed by atoms with E-state index in [9.17, 15) is 9.59 Å². The lowest BCUT2D eigenvalue weighted by Gasteiger charge is -2.15. The number of hydrogen-bond acceptors (Lipinski definition) is 3. The van der Waals surface area contributed by atoms with Crippen molar-refractivity contribution < 1.29 is 4.79 Å². The van der Waals surface area contributed by atoms with Crippen molar-refractivity contribution >= 4 is 11.6 Å². The van der Waals surface area contributed by atoms with E-state index >= 15 is 0 Å². The third-order valence-corrected chi connectivity index (χ3v) is 4.55. The van der Waals surface area contributed by atoms with E-state index in [-0.39, 0.29) is 11.5 Å². The van der Waals surface area contributed by atoms with Crippen molar-refractivity contribution in [3.05, 3.63) is 82.1 Å². The first-order valence-corrected chi connectivity index (χ1v) is 9.04. The number of carbonyl (C=O) groups excluding carboxylic acids is 1. The monoisotopic (exact) mass is 361 g/mol. The molecule has 27 heavy (non-hydrogen) atoms. The molecule has 5 heteroatoms. The van der Waals surface area contributed by atoms with E-state index in [1.54, 1.807) is 13.0 Å². The molecule has 0 fully saturated rings. The Morgan fingerprint density at radius 1 is 1.04 bits per heavy atom. The summed E-state index contributed by atoms with van der Waals surface area (Å²) in [4.78, 5) is 24.9. The molecular formula is C22H23N3O2. The zero-order valence-corrected chi connectivity index (χ0v) is 15.8. The summed E-state index contributed by atoms with van der Waals surface area (Å²) in [6.45, 7) is 5.76. The zero-order chi connectivity index (χ0) is 19.4. The number of nitrogens with one attached hydrogen (secondary N) is 1. The molecule has 0 aliphatic heterocycles. The number of aryl methyl sites for hydroxylation is 2. The van der Waals surface area contributed by atoms with E-state index in [2.05, 4.69) is 17.3 Å². The van der Waals surface area contributed by atoms with Crippen LogP contribution in [0.25, 0.3) is 11.3 Å². The molecule has 3 aromatic rings. The largest absolute Gasteiger partial charge is 0.324 e. The minimum Gasteiger partial charge on any atom is -0.324 e. The summed E-state index contributed by atoms with van der Waals surface area (Å²) in [5.41, 5.74) is 4.29. The van der Waals surface area contributed by atoms with Gasteiger partial charge in [-0.15, -0.1) is 0 Å². The second-order valence-electron chi connectivity index (χ2n) is 6.58. The zero-order valence-electron chi connectivity index (χ0n) is 15.8. The second-order valence-corrected chi connectivity index (χ2v) is 6.58. The summed E-state index contributed by atoms with van der Waals surface area (Å²) in [5, 5.41) is 7.25. The van der Waals surface area contributed by atoms with Gasteiger partial charge in [0.2, 0.25) is 5.91 Å². The van der Waals surface area contributed by atoms with E-state index in [1.807, 2.05) is 55.5 Å². The van der Waals surface area contributed by atoms with Gasteiger partial charge in [-0.1, -0.05) is 48.9 Å². The molecule has 1 atom stereocenters. The number of hydrogen-bond donors (Lipinski definition) is 1. The first-order valence-electron chi connectivity index (χ1n) is 9.04. The number of amides is 1. The van der Waals surface area contributed by atoms with Crippen LogP contribution in [0.5, 0.6) is 0 Å². The highest BCUT2D eigenvalue weighted by Crippen LogP contribution is 2.17. The number of anilines is 1. The molecule has 0 aliphatic rings. The van der Waals surface area contributed by atoms with Gasteiger partial charge in [0.1, 0.15) is 6.04 Å². The summed E-state index contributed by atoms with van der Waals surface area (Å²) in [5.74, 6) is -0.282. The van der Waals surface area contributed by atoms with Gasteiger partial charge in [0.05, 0.1) is 5.69 Å². The normalized spacial score (nSPS) is 11.8. The van der Waals surface area contributed by atoms with Gasteiger partial charge < -0.3 is 5.32 Å². The van der Waals surface area contributed by atoms with Crippen LogP contribution in [0.3, 0.4) is 0 Å². The first-order chi connectivity index (χ1) is 13.0. The van der Waals surface area contributed by atoms with Gasteiger partial charge in [0, 0.05) is 17.3 Å². The highest BCUT2D eigenvalue weighted by Gasteiger charge is 2.18. The Balaban J connectivity index is 1.83. The van der Waals surface area contributed by atoms with Crippen molar-refractivity contribution in [3.8, 4) is 11.3 Å². The van der Waals surface area contributed by atoms with Crippen LogP contribution < -0.4 is 10.9 Å². The van der Waals surface area contributed by atoms with Crippen LogP contribution in [-0.2, 0) is 11.2 Å². The Labute approximate surface area is 158 Å². The van der Waals surface area contributed by atoms with E-state index in [0.29, 0.717) is 11.4 Å².